The molecule has 0 bridgehead atoms. The van der Waals surface area contributed by atoms with E-state index < -0.39 is 11.9 Å². The second kappa shape index (κ2) is 12.7. The molecular weight excluding hydrogens is 605 g/mol. The lowest BCUT2D eigenvalue weighted by Crippen LogP contribution is -2.34. The molecule has 0 aliphatic carbocycles. The number of benzene rings is 3. The highest BCUT2D eigenvalue weighted by atomic mass is 35.5. The van der Waals surface area contributed by atoms with Crippen molar-refractivity contribution in [1.29, 1.82) is 5.26 Å². The van der Waals surface area contributed by atoms with E-state index in [-0.39, 0.29) is 22.4 Å². The number of hydrogen-bond donors (Lipinski definition) is 2. The van der Waals surface area contributed by atoms with Crippen LogP contribution in [0.2, 0.25) is 10.0 Å². The quantitative estimate of drug-likeness (QED) is 0.180. The van der Waals surface area contributed by atoms with E-state index in [1.54, 1.807) is 18.2 Å². The Bertz CT molecular complexity index is 1850. The number of rotatable bonds is 8. The summed E-state index contributed by atoms with van der Waals surface area (Å²) < 4.78 is 29.7. The van der Waals surface area contributed by atoms with E-state index >= 15 is 0 Å². The van der Waals surface area contributed by atoms with E-state index in [0.717, 1.165) is 38.0 Å². The minimum atomic E-state index is -0.554. The number of nitriles is 1. The Morgan fingerprint density at radius 1 is 1.02 bits per heavy atom. The monoisotopic (exact) mass is 632 g/mol. The molecular formula is C32H28Cl2F2N8. The minimum absolute atomic E-state index is 0.0571. The van der Waals surface area contributed by atoms with Gasteiger partial charge in [0.15, 0.2) is 0 Å². The number of piperidine rings is 1. The normalized spacial score (nSPS) is 14.8. The standard InChI is InChI=1S/C32H28Cl2F2N8/c1-2-43-11-9-24(10-12-43)44-18-29(41-42-44)31(19-3-5-21(35)6-4-19)40-23-13-25-30(39-22-7-8-28(36)26(33)14-22)20(16-37)17-38-32(25)27(34)15-23/h3-8,13-15,17-18,24,31,40H,2,9-12H2,1H3,(H,38,39)/t31-/m0/s1. The predicted molar refractivity (Wildman–Crippen MR) is 168 cm³/mol. The fourth-order valence-electron chi connectivity index (χ4n) is 5.53. The Kier molecular flexibility index (Phi) is 8.62. The lowest BCUT2D eigenvalue weighted by molar-refractivity contribution is 0.186. The zero-order chi connectivity index (χ0) is 30.8. The summed E-state index contributed by atoms with van der Waals surface area (Å²) in [6, 6.07) is 15.9. The third-order valence-corrected chi connectivity index (χ3v) is 8.53. The topological polar surface area (TPSA) is 94.7 Å². The lowest BCUT2D eigenvalue weighted by Gasteiger charge is -2.30. The number of aromatic nitrogens is 4. The van der Waals surface area contributed by atoms with Crippen LogP contribution in [0.5, 0.6) is 0 Å². The number of likely N-dealkylation sites (tertiary alicyclic amines) is 1. The molecule has 1 aliphatic rings. The van der Waals surface area contributed by atoms with Crippen LogP contribution in [0.4, 0.5) is 25.8 Å². The van der Waals surface area contributed by atoms with Crippen LogP contribution < -0.4 is 10.6 Å². The van der Waals surface area contributed by atoms with E-state index in [1.165, 1.54) is 36.5 Å². The van der Waals surface area contributed by atoms with Crippen molar-refractivity contribution >= 4 is 51.2 Å². The maximum Gasteiger partial charge on any atom is 0.141 e. The van der Waals surface area contributed by atoms with Gasteiger partial charge in [-0.3, -0.25) is 4.98 Å². The molecule has 224 valence electrons. The highest BCUT2D eigenvalue weighted by molar-refractivity contribution is 6.36. The smallest absolute Gasteiger partial charge is 0.141 e. The van der Waals surface area contributed by atoms with Crippen molar-refractivity contribution in [2.75, 3.05) is 30.3 Å². The van der Waals surface area contributed by atoms with Crippen molar-refractivity contribution in [1.82, 2.24) is 24.9 Å². The lowest BCUT2D eigenvalue weighted by atomic mass is 10.0. The van der Waals surface area contributed by atoms with Gasteiger partial charge in [0, 0.05) is 36.0 Å². The average molecular weight is 634 g/mol. The van der Waals surface area contributed by atoms with Crippen LogP contribution in [0.1, 0.15) is 48.7 Å². The Labute approximate surface area is 263 Å². The molecule has 12 heteroatoms. The largest absolute Gasteiger partial charge is 0.373 e. The summed E-state index contributed by atoms with van der Waals surface area (Å²) in [6.45, 7) is 5.20. The number of halogens is 4. The number of anilines is 3. The van der Waals surface area contributed by atoms with Crippen LogP contribution in [0, 0.1) is 23.0 Å². The number of hydrogen-bond acceptors (Lipinski definition) is 7. The molecule has 44 heavy (non-hydrogen) atoms. The minimum Gasteiger partial charge on any atom is -0.373 e. The van der Waals surface area contributed by atoms with Crippen molar-refractivity contribution in [3.8, 4) is 6.07 Å². The molecule has 5 aromatic rings. The van der Waals surface area contributed by atoms with Gasteiger partial charge in [0.1, 0.15) is 23.4 Å². The molecule has 2 N–H and O–H groups in total. The van der Waals surface area contributed by atoms with Gasteiger partial charge in [-0.05, 0) is 67.4 Å². The van der Waals surface area contributed by atoms with Gasteiger partial charge in [-0.1, -0.05) is 47.5 Å². The number of nitrogens with zero attached hydrogens (tertiary/aromatic N) is 6. The van der Waals surface area contributed by atoms with Gasteiger partial charge >= 0.3 is 0 Å². The van der Waals surface area contributed by atoms with Gasteiger partial charge in [-0.25, -0.2) is 13.5 Å². The number of fused-ring (bicyclic) bond motifs is 1. The summed E-state index contributed by atoms with van der Waals surface area (Å²) >= 11 is 12.7. The molecule has 3 aromatic carbocycles. The summed E-state index contributed by atoms with van der Waals surface area (Å²) in [5.41, 5.74) is 3.70. The zero-order valence-electron chi connectivity index (χ0n) is 23.7. The predicted octanol–water partition coefficient (Wildman–Crippen LogP) is 7.88. The molecule has 1 aliphatic heterocycles. The van der Waals surface area contributed by atoms with Gasteiger partial charge in [0.25, 0.3) is 0 Å². The average Bonchev–Trinajstić information content (AvgIpc) is 3.52. The maximum absolute atomic E-state index is 13.9. The molecule has 1 atom stereocenters. The van der Waals surface area contributed by atoms with Gasteiger partial charge in [-0.2, -0.15) is 5.26 Å². The first kappa shape index (κ1) is 29.8. The van der Waals surface area contributed by atoms with Gasteiger partial charge in [0.2, 0.25) is 0 Å². The Morgan fingerprint density at radius 3 is 2.48 bits per heavy atom. The van der Waals surface area contributed by atoms with E-state index in [1.807, 2.05) is 16.9 Å². The van der Waals surface area contributed by atoms with Crippen LogP contribution in [0.15, 0.2) is 67.0 Å². The first-order chi connectivity index (χ1) is 21.3. The van der Waals surface area contributed by atoms with Crippen molar-refractivity contribution < 1.29 is 8.78 Å². The summed E-state index contributed by atoms with van der Waals surface area (Å²) in [5, 5.41) is 26.4. The zero-order valence-corrected chi connectivity index (χ0v) is 25.2. The molecule has 1 saturated heterocycles. The highest BCUT2D eigenvalue weighted by Gasteiger charge is 2.24. The molecule has 0 unspecified atom stereocenters. The van der Waals surface area contributed by atoms with Crippen molar-refractivity contribution in [2.45, 2.75) is 31.8 Å². The van der Waals surface area contributed by atoms with E-state index in [9.17, 15) is 14.0 Å². The van der Waals surface area contributed by atoms with E-state index in [4.69, 9.17) is 23.2 Å². The maximum atomic E-state index is 13.9. The molecule has 0 radical (unpaired) electrons. The third kappa shape index (κ3) is 6.17. The summed E-state index contributed by atoms with van der Waals surface area (Å²) in [5.74, 6) is -0.902. The van der Waals surface area contributed by atoms with Crippen LogP contribution in [-0.4, -0.2) is 44.5 Å². The first-order valence-corrected chi connectivity index (χ1v) is 15.0. The van der Waals surface area contributed by atoms with Crippen LogP contribution in [-0.2, 0) is 0 Å². The van der Waals surface area contributed by atoms with Gasteiger partial charge in [-0.15, -0.1) is 5.10 Å². The highest BCUT2D eigenvalue weighted by Crippen LogP contribution is 2.37. The Balaban J connectivity index is 1.38. The van der Waals surface area contributed by atoms with Crippen LogP contribution in [0.3, 0.4) is 0 Å². The number of nitrogens with one attached hydrogen (secondary N) is 2. The van der Waals surface area contributed by atoms with Gasteiger partial charge < -0.3 is 15.5 Å². The second-order valence-electron chi connectivity index (χ2n) is 10.7. The summed E-state index contributed by atoms with van der Waals surface area (Å²) in [6.07, 6.45) is 5.33. The SMILES string of the molecule is CCN1CCC(n2cc([C@@H](Nc3cc(Cl)c4ncc(C#N)c(Nc5ccc(F)c(Cl)c5)c4c3)c3ccc(F)cc3)nn2)CC1. The van der Waals surface area contributed by atoms with Crippen molar-refractivity contribution in [3.63, 3.8) is 0 Å². The van der Waals surface area contributed by atoms with Crippen LogP contribution >= 0.6 is 23.2 Å². The fourth-order valence-corrected chi connectivity index (χ4v) is 5.98. The Hall–Kier alpha value is -4.30. The van der Waals surface area contributed by atoms with E-state index in [2.05, 4.69) is 43.8 Å². The summed E-state index contributed by atoms with van der Waals surface area (Å²) in [7, 11) is 0. The molecule has 0 amide bonds. The molecule has 1 fully saturated rings. The van der Waals surface area contributed by atoms with Gasteiger partial charge in [0.05, 0.1) is 45.1 Å². The summed E-state index contributed by atoms with van der Waals surface area (Å²) in [4.78, 5) is 6.84. The molecule has 0 saturated carbocycles. The third-order valence-electron chi connectivity index (χ3n) is 7.95. The molecule has 8 nitrogen and oxygen atoms in total. The van der Waals surface area contributed by atoms with Crippen molar-refractivity contribution in [2.24, 2.45) is 0 Å². The van der Waals surface area contributed by atoms with Crippen LogP contribution in [0.25, 0.3) is 10.9 Å². The fraction of sp³-hybridized carbons (Fsp3) is 0.250. The second-order valence-corrected chi connectivity index (χ2v) is 11.5. The Morgan fingerprint density at radius 2 is 1.77 bits per heavy atom. The molecule has 3 heterocycles. The molecule has 0 spiro atoms. The molecule has 6 rings (SSSR count). The first-order valence-electron chi connectivity index (χ1n) is 14.2. The van der Waals surface area contributed by atoms with Crippen molar-refractivity contribution in [3.05, 3.63) is 105 Å². The van der Waals surface area contributed by atoms with E-state index in [0.29, 0.717) is 38.7 Å². The molecule has 2 aromatic heterocycles. The number of pyridine rings is 1.